The molecule has 0 bridgehead atoms. The van der Waals surface area contributed by atoms with Crippen LogP contribution in [0.2, 0.25) is 0 Å². The van der Waals surface area contributed by atoms with Crippen LogP contribution in [0.1, 0.15) is 38.2 Å². The van der Waals surface area contributed by atoms with Crippen molar-refractivity contribution in [2.45, 2.75) is 50.2 Å². The summed E-state index contributed by atoms with van der Waals surface area (Å²) in [5.74, 6) is 1.02. The predicted octanol–water partition coefficient (Wildman–Crippen LogP) is 2.61. The third-order valence-corrected chi connectivity index (χ3v) is 3.90. The summed E-state index contributed by atoms with van der Waals surface area (Å²) in [4.78, 5) is 0. The van der Waals surface area contributed by atoms with Crippen LogP contribution in [0.25, 0.3) is 0 Å². The number of hydrogen-bond donors (Lipinski definition) is 1. The summed E-state index contributed by atoms with van der Waals surface area (Å²) in [6.07, 6.45) is 5.33. The lowest BCUT2D eigenvalue weighted by Crippen LogP contribution is -2.31. The van der Waals surface area contributed by atoms with E-state index < -0.39 is 0 Å². The Balaban J connectivity index is 1.84. The van der Waals surface area contributed by atoms with Crippen molar-refractivity contribution in [2.75, 3.05) is 0 Å². The maximum Gasteiger partial charge on any atom is 0.120 e. The van der Waals surface area contributed by atoms with Crippen molar-refractivity contribution in [1.82, 2.24) is 0 Å². The molecule has 2 nitrogen and oxygen atoms in total. The van der Waals surface area contributed by atoms with E-state index in [1.54, 1.807) is 0 Å². The Bertz CT molecular complexity index is 391. The van der Waals surface area contributed by atoms with Gasteiger partial charge in [-0.3, -0.25) is 0 Å². The maximum absolute atomic E-state index is 6.09. The fourth-order valence-corrected chi connectivity index (χ4v) is 2.40. The van der Waals surface area contributed by atoms with Crippen LogP contribution in [0.3, 0.4) is 0 Å². The van der Waals surface area contributed by atoms with Gasteiger partial charge in [0.05, 0.1) is 6.10 Å². The molecule has 2 aliphatic rings. The summed E-state index contributed by atoms with van der Waals surface area (Å²) in [5.41, 5.74) is 7.69. The number of hydrogen-bond acceptors (Lipinski definition) is 2. The first kappa shape index (κ1) is 10.2. The van der Waals surface area contributed by atoms with E-state index in [0.717, 1.165) is 5.75 Å². The SMILES string of the molecule is CC(N)C1(c2cccc(OC3CC3)c2)CC1. The van der Waals surface area contributed by atoms with Crippen molar-refractivity contribution in [2.24, 2.45) is 5.73 Å². The van der Waals surface area contributed by atoms with E-state index in [2.05, 4.69) is 31.2 Å². The molecule has 0 aromatic heterocycles. The van der Waals surface area contributed by atoms with Crippen LogP contribution < -0.4 is 10.5 Å². The highest BCUT2D eigenvalue weighted by Gasteiger charge is 2.47. The third-order valence-electron chi connectivity index (χ3n) is 3.90. The molecule has 0 aliphatic heterocycles. The lowest BCUT2D eigenvalue weighted by Gasteiger charge is -2.20. The predicted molar refractivity (Wildman–Crippen MR) is 64.7 cm³/mol. The van der Waals surface area contributed by atoms with Crippen molar-refractivity contribution < 1.29 is 4.74 Å². The Morgan fingerprint density at radius 3 is 2.69 bits per heavy atom. The van der Waals surface area contributed by atoms with Gasteiger partial charge in [-0.2, -0.15) is 0 Å². The molecule has 1 aromatic carbocycles. The molecule has 0 heterocycles. The highest BCUT2D eigenvalue weighted by Crippen LogP contribution is 2.50. The summed E-state index contributed by atoms with van der Waals surface area (Å²) < 4.78 is 5.83. The molecule has 3 rings (SSSR count). The Morgan fingerprint density at radius 1 is 1.38 bits per heavy atom. The Morgan fingerprint density at radius 2 is 2.12 bits per heavy atom. The van der Waals surface area contributed by atoms with E-state index in [0.29, 0.717) is 6.10 Å². The average Bonchev–Trinajstić information content (AvgIpc) is 3.13. The van der Waals surface area contributed by atoms with E-state index in [1.165, 1.54) is 31.2 Å². The van der Waals surface area contributed by atoms with E-state index in [4.69, 9.17) is 10.5 Å². The van der Waals surface area contributed by atoms with Gasteiger partial charge in [-0.25, -0.2) is 0 Å². The van der Waals surface area contributed by atoms with Crippen LogP contribution in [-0.2, 0) is 5.41 Å². The first-order valence-corrected chi connectivity index (χ1v) is 6.23. The topological polar surface area (TPSA) is 35.2 Å². The molecule has 0 saturated heterocycles. The van der Waals surface area contributed by atoms with Crippen molar-refractivity contribution in [3.63, 3.8) is 0 Å². The molecule has 86 valence electrons. The van der Waals surface area contributed by atoms with Crippen LogP contribution in [0, 0.1) is 0 Å². The zero-order chi connectivity index (χ0) is 11.2. The minimum Gasteiger partial charge on any atom is -0.490 e. The summed E-state index contributed by atoms with van der Waals surface area (Å²) in [5, 5.41) is 0. The first-order valence-electron chi connectivity index (χ1n) is 6.23. The van der Waals surface area contributed by atoms with Crippen LogP contribution in [0.5, 0.6) is 5.75 Å². The molecular formula is C14H19NO. The summed E-state index contributed by atoms with van der Waals surface area (Å²) in [6.45, 7) is 2.11. The smallest absolute Gasteiger partial charge is 0.120 e. The number of ether oxygens (including phenoxy) is 1. The number of benzene rings is 1. The lowest BCUT2D eigenvalue weighted by molar-refractivity contribution is 0.302. The normalized spacial score (nSPS) is 23.9. The molecule has 2 heteroatoms. The molecule has 0 amide bonds. The Kier molecular flexibility index (Phi) is 2.21. The number of nitrogens with two attached hydrogens (primary N) is 1. The van der Waals surface area contributed by atoms with Gasteiger partial charge in [-0.15, -0.1) is 0 Å². The monoisotopic (exact) mass is 217 g/mol. The first-order chi connectivity index (χ1) is 7.71. The highest BCUT2D eigenvalue weighted by molar-refractivity contribution is 5.39. The molecule has 1 atom stereocenters. The van der Waals surface area contributed by atoms with Gasteiger partial charge in [-0.05, 0) is 50.3 Å². The molecule has 0 spiro atoms. The van der Waals surface area contributed by atoms with Crippen molar-refractivity contribution >= 4 is 0 Å². The largest absolute Gasteiger partial charge is 0.490 e. The summed E-state index contributed by atoms with van der Waals surface area (Å²) in [6, 6.07) is 8.77. The van der Waals surface area contributed by atoms with E-state index in [-0.39, 0.29) is 11.5 Å². The highest BCUT2D eigenvalue weighted by atomic mass is 16.5. The van der Waals surface area contributed by atoms with Gasteiger partial charge >= 0.3 is 0 Å². The van der Waals surface area contributed by atoms with Crippen LogP contribution in [-0.4, -0.2) is 12.1 Å². The van der Waals surface area contributed by atoms with Gasteiger partial charge in [0.15, 0.2) is 0 Å². The van der Waals surface area contributed by atoms with Gasteiger partial charge in [-0.1, -0.05) is 12.1 Å². The van der Waals surface area contributed by atoms with Crippen molar-refractivity contribution in [3.05, 3.63) is 29.8 Å². The van der Waals surface area contributed by atoms with E-state index >= 15 is 0 Å². The van der Waals surface area contributed by atoms with E-state index in [1.807, 2.05) is 0 Å². The van der Waals surface area contributed by atoms with Crippen molar-refractivity contribution in [3.8, 4) is 5.75 Å². The van der Waals surface area contributed by atoms with Crippen LogP contribution in [0.4, 0.5) is 0 Å². The minimum atomic E-state index is 0.239. The Hall–Kier alpha value is -1.02. The van der Waals surface area contributed by atoms with Gasteiger partial charge in [0.2, 0.25) is 0 Å². The molecule has 1 unspecified atom stereocenters. The second kappa shape index (κ2) is 3.49. The van der Waals surface area contributed by atoms with Gasteiger partial charge < -0.3 is 10.5 Å². The quantitative estimate of drug-likeness (QED) is 0.841. The molecule has 2 aliphatic carbocycles. The van der Waals surface area contributed by atoms with Crippen LogP contribution in [0.15, 0.2) is 24.3 Å². The molecule has 1 aromatic rings. The molecule has 2 fully saturated rings. The van der Waals surface area contributed by atoms with Gasteiger partial charge in [0.25, 0.3) is 0 Å². The van der Waals surface area contributed by atoms with Gasteiger partial charge in [0.1, 0.15) is 5.75 Å². The molecule has 2 N–H and O–H groups in total. The third kappa shape index (κ3) is 1.71. The summed E-state index contributed by atoms with van der Waals surface area (Å²) >= 11 is 0. The van der Waals surface area contributed by atoms with Crippen LogP contribution >= 0.6 is 0 Å². The standard InChI is InChI=1S/C14H19NO/c1-10(15)14(7-8-14)11-3-2-4-13(9-11)16-12-5-6-12/h2-4,9-10,12H,5-8,15H2,1H3. The lowest BCUT2D eigenvalue weighted by atomic mass is 9.89. The molecule has 16 heavy (non-hydrogen) atoms. The average molecular weight is 217 g/mol. The minimum absolute atomic E-state index is 0.239. The fourth-order valence-electron chi connectivity index (χ4n) is 2.40. The fraction of sp³-hybridized carbons (Fsp3) is 0.571. The van der Waals surface area contributed by atoms with Gasteiger partial charge in [0, 0.05) is 11.5 Å². The van der Waals surface area contributed by atoms with Crippen molar-refractivity contribution in [1.29, 1.82) is 0 Å². The zero-order valence-corrected chi connectivity index (χ0v) is 9.78. The second-order valence-electron chi connectivity index (χ2n) is 5.29. The molecular weight excluding hydrogens is 198 g/mol. The zero-order valence-electron chi connectivity index (χ0n) is 9.78. The molecule has 2 saturated carbocycles. The second-order valence-corrected chi connectivity index (χ2v) is 5.29. The number of rotatable bonds is 4. The Labute approximate surface area is 96.8 Å². The summed E-state index contributed by atoms with van der Waals surface area (Å²) in [7, 11) is 0. The molecule has 0 radical (unpaired) electrons. The van der Waals surface area contributed by atoms with E-state index in [9.17, 15) is 0 Å². The maximum atomic E-state index is 6.09.